The topological polar surface area (TPSA) is 44.1 Å². The van der Waals surface area contributed by atoms with Gasteiger partial charge in [0, 0.05) is 19.4 Å². The SMILES string of the molecule is COC(=O)[C@@H](CC(C)(C)C)Sc1nccn1C. The largest absolute Gasteiger partial charge is 0.468 e. The Morgan fingerprint density at radius 3 is 2.65 bits per heavy atom. The molecule has 5 heteroatoms. The summed E-state index contributed by atoms with van der Waals surface area (Å²) in [5.41, 5.74) is 0.0804. The number of hydrogen-bond acceptors (Lipinski definition) is 4. The Bertz CT molecular complexity index is 382. The number of nitrogens with zero attached hydrogens (tertiary/aromatic N) is 2. The van der Waals surface area contributed by atoms with Crippen LogP contribution in [0.15, 0.2) is 17.6 Å². The maximum absolute atomic E-state index is 11.7. The molecule has 1 aromatic heterocycles. The van der Waals surface area contributed by atoms with Gasteiger partial charge in [-0.2, -0.15) is 0 Å². The number of carbonyl (C=O) groups excluding carboxylic acids is 1. The third kappa shape index (κ3) is 4.42. The van der Waals surface area contributed by atoms with Gasteiger partial charge in [0.1, 0.15) is 5.25 Å². The van der Waals surface area contributed by atoms with E-state index in [1.54, 1.807) is 6.20 Å². The first-order valence-corrected chi connectivity index (χ1v) is 6.43. The zero-order chi connectivity index (χ0) is 13.1. The number of aryl methyl sites for hydroxylation is 1. The van der Waals surface area contributed by atoms with E-state index in [0.717, 1.165) is 11.6 Å². The lowest BCUT2D eigenvalue weighted by Gasteiger charge is -2.23. The molecule has 0 amide bonds. The van der Waals surface area contributed by atoms with Crippen molar-refractivity contribution in [3.63, 3.8) is 0 Å². The highest BCUT2D eigenvalue weighted by molar-refractivity contribution is 8.00. The zero-order valence-corrected chi connectivity index (χ0v) is 11.9. The van der Waals surface area contributed by atoms with Gasteiger partial charge >= 0.3 is 5.97 Å². The van der Waals surface area contributed by atoms with Crippen LogP contribution in [-0.2, 0) is 16.6 Å². The first kappa shape index (κ1) is 14.1. The lowest BCUT2D eigenvalue weighted by molar-refractivity contribution is -0.140. The molecule has 96 valence electrons. The van der Waals surface area contributed by atoms with Crippen LogP contribution in [0.25, 0.3) is 0 Å². The number of ether oxygens (including phenoxy) is 1. The molecular weight excluding hydrogens is 236 g/mol. The van der Waals surface area contributed by atoms with Crippen molar-refractivity contribution in [2.24, 2.45) is 12.5 Å². The highest BCUT2D eigenvalue weighted by Crippen LogP contribution is 2.32. The average Bonchev–Trinajstić information content (AvgIpc) is 2.60. The van der Waals surface area contributed by atoms with E-state index in [4.69, 9.17) is 4.74 Å². The van der Waals surface area contributed by atoms with Crippen molar-refractivity contribution in [3.8, 4) is 0 Å². The van der Waals surface area contributed by atoms with Crippen molar-refractivity contribution in [3.05, 3.63) is 12.4 Å². The van der Waals surface area contributed by atoms with Crippen LogP contribution in [0, 0.1) is 5.41 Å². The molecule has 0 radical (unpaired) electrons. The summed E-state index contributed by atoms with van der Waals surface area (Å²) < 4.78 is 6.76. The van der Waals surface area contributed by atoms with E-state index in [1.165, 1.54) is 18.9 Å². The second-order valence-corrected chi connectivity index (χ2v) is 6.39. The summed E-state index contributed by atoms with van der Waals surface area (Å²) in [6.07, 6.45) is 4.36. The maximum Gasteiger partial charge on any atom is 0.319 e. The quantitative estimate of drug-likeness (QED) is 0.613. The van der Waals surface area contributed by atoms with E-state index < -0.39 is 0 Å². The number of imidazole rings is 1. The monoisotopic (exact) mass is 256 g/mol. The number of esters is 1. The van der Waals surface area contributed by atoms with Crippen LogP contribution in [-0.4, -0.2) is 27.9 Å². The van der Waals surface area contributed by atoms with Gasteiger partial charge in [-0.05, 0) is 11.8 Å². The smallest absolute Gasteiger partial charge is 0.319 e. The standard InChI is InChI=1S/C12H20N2O2S/c1-12(2,3)8-9(10(15)16-5)17-11-13-6-7-14(11)4/h6-7,9H,8H2,1-5H3/t9-/m1/s1. The lowest BCUT2D eigenvalue weighted by Crippen LogP contribution is -2.25. The van der Waals surface area contributed by atoms with Gasteiger partial charge in [0.2, 0.25) is 0 Å². The molecule has 0 N–H and O–H groups in total. The van der Waals surface area contributed by atoms with Crippen molar-refractivity contribution >= 4 is 17.7 Å². The Morgan fingerprint density at radius 1 is 1.59 bits per heavy atom. The molecule has 1 atom stereocenters. The van der Waals surface area contributed by atoms with Crippen LogP contribution in [0.5, 0.6) is 0 Å². The Hall–Kier alpha value is -0.970. The Labute approximate surface area is 107 Å². The Kier molecular flexibility index (Phi) is 4.62. The van der Waals surface area contributed by atoms with Crippen LogP contribution in [0.1, 0.15) is 27.2 Å². The number of rotatable bonds is 4. The van der Waals surface area contributed by atoms with E-state index in [9.17, 15) is 4.79 Å². The van der Waals surface area contributed by atoms with Gasteiger partial charge in [0.15, 0.2) is 5.16 Å². The normalized spacial score (nSPS) is 13.5. The first-order valence-electron chi connectivity index (χ1n) is 5.55. The molecule has 0 saturated carbocycles. The van der Waals surface area contributed by atoms with Crippen molar-refractivity contribution < 1.29 is 9.53 Å². The number of carbonyl (C=O) groups is 1. The predicted octanol–water partition coefficient (Wildman–Crippen LogP) is 2.49. The van der Waals surface area contributed by atoms with Crippen molar-refractivity contribution in [2.75, 3.05) is 7.11 Å². The zero-order valence-electron chi connectivity index (χ0n) is 11.1. The maximum atomic E-state index is 11.7. The second-order valence-electron chi connectivity index (χ2n) is 5.22. The molecule has 0 fully saturated rings. The van der Waals surface area contributed by atoms with E-state index in [2.05, 4.69) is 25.8 Å². The van der Waals surface area contributed by atoms with Gasteiger partial charge in [0.05, 0.1) is 7.11 Å². The fourth-order valence-electron chi connectivity index (χ4n) is 1.45. The van der Waals surface area contributed by atoms with Crippen LogP contribution < -0.4 is 0 Å². The van der Waals surface area contributed by atoms with Gasteiger partial charge < -0.3 is 9.30 Å². The summed E-state index contributed by atoms with van der Waals surface area (Å²) in [6.45, 7) is 6.34. The van der Waals surface area contributed by atoms with Gasteiger partial charge in [-0.15, -0.1) is 0 Å². The average molecular weight is 256 g/mol. The summed E-state index contributed by atoms with van der Waals surface area (Å²) in [5, 5.41) is 0.630. The summed E-state index contributed by atoms with van der Waals surface area (Å²) in [5.74, 6) is -0.187. The van der Waals surface area contributed by atoms with Gasteiger partial charge in [-0.1, -0.05) is 32.5 Å². The van der Waals surface area contributed by atoms with E-state index in [1.807, 2.05) is 17.8 Å². The number of hydrogen-bond donors (Lipinski definition) is 0. The van der Waals surface area contributed by atoms with Crippen molar-refractivity contribution in [1.29, 1.82) is 0 Å². The summed E-state index contributed by atoms with van der Waals surface area (Å²) in [6, 6.07) is 0. The third-order valence-corrected chi connectivity index (χ3v) is 3.53. The molecule has 0 saturated heterocycles. The van der Waals surface area contributed by atoms with Crippen LogP contribution in [0.4, 0.5) is 0 Å². The molecule has 0 bridgehead atoms. The molecule has 17 heavy (non-hydrogen) atoms. The second kappa shape index (κ2) is 5.58. The molecule has 1 heterocycles. The number of thioether (sulfide) groups is 1. The minimum Gasteiger partial charge on any atom is -0.468 e. The molecule has 0 aliphatic carbocycles. The Balaban J connectivity index is 2.78. The molecule has 1 aromatic rings. The fourth-order valence-corrected chi connectivity index (χ4v) is 2.83. The molecule has 0 aromatic carbocycles. The third-order valence-electron chi connectivity index (χ3n) is 2.29. The van der Waals surface area contributed by atoms with Crippen LogP contribution in [0.2, 0.25) is 0 Å². The lowest BCUT2D eigenvalue weighted by atomic mass is 9.90. The van der Waals surface area contributed by atoms with Gasteiger partial charge in [0.25, 0.3) is 0 Å². The predicted molar refractivity (Wildman–Crippen MR) is 68.9 cm³/mol. The van der Waals surface area contributed by atoms with Gasteiger partial charge in [-0.25, -0.2) is 4.98 Å². The number of aromatic nitrogens is 2. The van der Waals surface area contributed by atoms with E-state index in [-0.39, 0.29) is 16.6 Å². The van der Waals surface area contributed by atoms with Gasteiger partial charge in [-0.3, -0.25) is 4.79 Å². The van der Waals surface area contributed by atoms with E-state index >= 15 is 0 Å². The molecule has 4 nitrogen and oxygen atoms in total. The van der Waals surface area contributed by atoms with Crippen molar-refractivity contribution in [1.82, 2.24) is 9.55 Å². The van der Waals surface area contributed by atoms with Crippen molar-refractivity contribution in [2.45, 2.75) is 37.6 Å². The van der Waals surface area contributed by atoms with E-state index in [0.29, 0.717) is 0 Å². The highest BCUT2D eigenvalue weighted by Gasteiger charge is 2.27. The first-order chi connectivity index (χ1) is 7.83. The summed E-state index contributed by atoms with van der Waals surface area (Å²) >= 11 is 1.46. The molecule has 0 aliphatic rings. The molecular formula is C12H20N2O2S. The molecule has 0 aliphatic heterocycles. The molecule has 1 rings (SSSR count). The highest BCUT2D eigenvalue weighted by atomic mass is 32.2. The Morgan fingerprint density at radius 2 is 2.24 bits per heavy atom. The summed E-state index contributed by atoms with van der Waals surface area (Å²) in [4.78, 5) is 16.0. The van der Waals surface area contributed by atoms with Crippen LogP contribution >= 0.6 is 11.8 Å². The molecule has 0 spiro atoms. The minimum absolute atomic E-state index is 0.0804. The number of methoxy groups -OCH3 is 1. The summed E-state index contributed by atoms with van der Waals surface area (Å²) in [7, 11) is 3.34. The van der Waals surface area contributed by atoms with Crippen LogP contribution in [0.3, 0.4) is 0 Å². The fraction of sp³-hybridized carbons (Fsp3) is 0.667. The minimum atomic E-state index is -0.207. The molecule has 0 unspecified atom stereocenters.